The normalized spacial score (nSPS) is 12.1. The number of hydrogen-bond donors (Lipinski definition) is 0. The molecule has 2 heteroatoms. The largest absolute Gasteiger partial charge is 0.455 e. The van der Waals surface area contributed by atoms with Gasteiger partial charge in [0.25, 0.3) is 0 Å². The number of rotatable bonds is 1. The van der Waals surface area contributed by atoms with Crippen molar-refractivity contribution in [2.75, 3.05) is 0 Å². The van der Waals surface area contributed by atoms with Gasteiger partial charge < -0.3 is 4.42 Å². The third kappa shape index (κ3) is 2.31. The zero-order valence-electron chi connectivity index (χ0n) is 13.6. The highest BCUT2D eigenvalue weighted by atomic mass is 16.3. The number of hydrogen-bond acceptors (Lipinski definition) is 2. The van der Waals surface area contributed by atoms with Gasteiger partial charge in [-0.05, 0) is 35.2 Å². The molecule has 0 N–H and O–H groups in total. The van der Waals surface area contributed by atoms with Crippen LogP contribution in [-0.4, -0.2) is 4.98 Å². The van der Waals surface area contributed by atoms with E-state index in [1.54, 1.807) is 0 Å². The molecule has 0 saturated heterocycles. The number of para-hydroxylation sites is 1. The van der Waals surface area contributed by atoms with Crippen LogP contribution in [0.5, 0.6) is 0 Å². The Balaban J connectivity index is 2.01. The summed E-state index contributed by atoms with van der Waals surface area (Å²) in [4.78, 5) is 4.47. The summed E-state index contributed by atoms with van der Waals surface area (Å²) in [6.07, 6.45) is 1.81. The molecular formula is C21H19NO. The van der Waals surface area contributed by atoms with Gasteiger partial charge in [-0.3, -0.25) is 4.98 Å². The Morgan fingerprint density at radius 1 is 0.870 bits per heavy atom. The summed E-state index contributed by atoms with van der Waals surface area (Å²) in [6.45, 7) is 6.66. The third-order valence-electron chi connectivity index (χ3n) is 4.31. The lowest BCUT2D eigenvalue weighted by molar-refractivity contribution is 0.587. The molecule has 2 aromatic carbocycles. The SMILES string of the molecule is CC(C)(C)c1ccc2c(c1)oc1c(-c3ccccn3)cccc12. The lowest BCUT2D eigenvalue weighted by atomic mass is 9.86. The molecule has 23 heavy (non-hydrogen) atoms. The summed E-state index contributed by atoms with van der Waals surface area (Å²) in [6, 6.07) is 18.7. The van der Waals surface area contributed by atoms with E-state index in [1.165, 1.54) is 5.56 Å². The molecule has 0 bridgehead atoms. The van der Waals surface area contributed by atoms with Crippen LogP contribution in [0.15, 0.2) is 65.2 Å². The maximum Gasteiger partial charge on any atom is 0.144 e. The third-order valence-corrected chi connectivity index (χ3v) is 4.31. The van der Waals surface area contributed by atoms with E-state index in [0.717, 1.165) is 33.2 Å². The predicted molar refractivity (Wildman–Crippen MR) is 95.7 cm³/mol. The molecule has 0 spiro atoms. The predicted octanol–water partition coefficient (Wildman–Crippen LogP) is 5.95. The van der Waals surface area contributed by atoms with E-state index in [9.17, 15) is 0 Å². The number of benzene rings is 2. The second-order valence-corrected chi connectivity index (χ2v) is 6.96. The average Bonchev–Trinajstić information content (AvgIpc) is 2.92. The van der Waals surface area contributed by atoms with Crippen LogP contribution in [0.3, 0.4) is 0 Å². The number of nitrogens with zero attached hydrogens (tertiary/aromatic N) is 1. The van der Waals surface area contributed by atoms with Crippen molar-refractivity contribution in [3.8, 4) is 11.3 Å². The van der Waals surface area contributed by atoms with E-state index in [1.807, 2.05) is 24.4 Å². The topological polar surface area (TPSA) is 26.0 Å². The molecule has 0 aliphatic heterocycles. The molecule has 0 aliphatic rings. The molecule has 0 radical (unpaired) electrons. The first kappa shape index (κ1) is 14.0. The Morgan fingerprint density at radius 2 is 1.74 bits per heavy atom. The molecule has 114 valence electrons. The van der Waals surface area contributed by atoms with Gasteiger partial charge in [0.2, 0.25) is 0 Å². The lowest BCUT2D eigenvalue weighted by Crippen LogP contribution is -2.10. The zero-order chi connectivity index (χ0) is 16.0. The highest BCUT2D eigenvalue weighted by molar-refractivity contribution is 6.09. The van der Waals surface area contributed by atoms with Gasteiger partial charge >= 0.3 is 0 Å². The zero-order valence-corrected chi connectivity index (χ0v) is 13.6. The van der Waals surface area contributed by atoms with Gasteiger partial charge in [-0.1, -0.05) is 51.1 Å². The maximum absolute atomic E-state index is 6.23. The van der Waals surface area contributed by atoms with Crippen molar-refractivity contribution < 1.29 is 4.42 Å². The molecule has 0 atom stereocenters. The van der Waals surface area contributed by atoms with Crippen LogP contribution in [-0.2, 0) is 5.41 Å². The van der Waals surface area contributed by atoms with Gasteiger partial charge in [0, 0.05) is 22.5 Å². The second-order valence-electron chi connectivity index (χ2n) is 6.96. The Hall–Kier alpha value is -2.61. The standard InChI is InChI=1S/C21H19NO/c1-21(2,3)14-10-11-15-16-7-6-8-17(18-9-4-5-12-22-18)20(16)23-19(15)13-14/h4-13H,1-3H3. The maximum atomic E-state index is 6.23. The molecule has 0 amide bonds. The van der Waals surface area contributed by atoms with Crippen LogP contribution in [0.2, 0.25) is 0 Å². The first-order chi connectivity index (χ1) is 11.0. The van der Waals surface area contributed by atoms with E-state index in [4.69, 9.17) is 4.42 Å². The summed E-state index contributed by atoms with van der Waals surface area (Å²) in [7, 11) is 0. The molecule has 0 unspecified atom stereocenters. The molecule has 2 aromatic heterocycles. The first-order valence-corrected chi connectivity index (χ1v) is 7.91. The van der Waals surface area contributed by atoms with Crippen LogP contribution in [0.4, 0.5) is 0 Å². The van der Waals surface area contributed by atoms with Crippen LogP contribution >= 0.6 is 0 Å². The summed E-state index contributed by atoms with van der Waals surface area (Å²) < 4.78 is 6.23. The van der Waals surface area contributed by atoms with Crippen LogP contribution in [0, 0.1) is 0 Å². The van der Waals surface area contributed by atoms with Crippen LogP contribution in [0.25, 0.3) is 33.2 Å². The Kier molecular flexibility index (Phi) is 3.02. The van der Waals surface area contributed by atoms with Gasteiger partial charge in [-0.25, -0.2) is 0 Å². The van der Waals surface area contributed by atoms with Crippen molar-refractivity contribution in [2.24, 2.45) is 0 Å². The Bertz CT molecular complexity index is 991. The van der Waals surface area contributed by atoms with Gasteiger partial charge in [0.05, 0.1) is 5.69 Å². The van der Waals surface area contributed by atoms with Gasteiger partial charge in [0.15, 0.2) is 0 Å². The minimum Gasteiger partial charge on any atom is -0.455 e. The summed E-state index contributed by atoms with van der Waals surface area (Å²) in [5.41, 5.74) is 5.22. The Morgan fingerprint density at radius 3 is 2.48 bits per heavy atom. The summed E-state index contributed by atoms with van der Waals surface area (Å²) in [5, 5.41) is 2.30. The molecule has 2 heterocycles. The molecule has 2 nitrogen and oxygen atoms in total. The van der Waals surface area contributed by atoms with Crippen molar-refractivity contribution in [3.05, 3.63) is 66.4 Å². The Labute approximate surface area is 135 Å². The highest BCUT2D eigenvalue weighted by Crippen LogP contribution is 2.36. The quantitative estimate of drug-likeness (QED) is 0.434. The van der Waals surface area contributed by atoms with E-state index in [-0.39, 0.29) is 5.41 Å². The van der Waals surface area contributed by atoms with Crippen molar-refractivity contribution in [3.63, 3.8) is 0 Å². The van der Waals surface area contributed by atoms with Crippen molar-refractivity contribution in [2.45, 2.75) is 26.2 Å². The molecule has 0 aliphatic carbocycles. The van der Waals surface area contributed by atoms with Crippen LogP contribution in [0.1, 0.15) is 26.3 Å². The summed E-state index contributed by atoms with van der Waals surface area (Å²) in [5.74, 6) is 0. The molecule has 4 rings (SSSR count). The van der Waals surface area contributed by atoms with Crippen LogP contribution < -0.4 is 0 Å². The number of aromatic nitrogens is 1. The number of fused-ring (bicyclic) bond motifs is 3. The molecule has 4 aromatic rings. The summed E-state index contributed by atoms with van der Waals surface area (Å²) >= 11 is 0. The number of pyridine rings is 1. The van der Waals surface area contributed by atoms with E-state index in [0.29, 0.717) is 0 Å². The highest BCUT2D eigenvalue weighted by Gasteiger charge is 2.17. The smallest absolute Gasteiger partial charge is 0.144 e. The number of furan rings is 1. The fourth-order valence-electron chi connectivity index (χ4n) is 2.99. The van der Waals surface area contributed by atoms with E-state index >= 15 is 0 Å². The molecule has 0 saturated carbocycles. The van der Waals surface area contributed by atoms with Crippen molar-refractivity contribution in [1.82, 2.24) is 4.98 Å². The fourth-order valence-corrected chi connectivity index (χ4v) is 2.99. The van der Waals surface area contributed by atoms with Gasteiger partial charge in [-0.2, -0.15) is 0 Å². The minimum atomic E-state index is 0.108. The van der Waals surface area contributed by atoms with Gasteiger partial charge in [-0.15, -0.1) is 0 Å². The molecular weight excluding hydrogens is 282 g/mol. The lowest BCUT2D eigenvalue weighted by Gasteiger charge is -2.18. The van der Waals surface area contributed by atoms with Crippen molar-refractivity contribution >= 4 is 21.9 Å². The van der Waals surface area contributed by atoms with E-state index < -0.39 is 0 Å². The first-order valence-electron chi connectivity index (χ1n) is 7.91. The molecule has 0 fully saturated rings. The van der Waals surface area contributed by atoms with Gasteiger partial charge in [0.1, 0.15) is 11.2 Å². The fraction of sp³-hybridized carbons (Fsp3) is 0.190. The van der Waals surface area contributed by atoms with Crippen molar-refractivity contribution in [1.29, 1.82) is 0 Å². The van der Waals surface area contributed by atoms with E-state index in [2.05, 4.69) is 62.2 Å². The minimum absolute atomic E-state index is 0.108. The second kappa shape index (κ2) is 4.95. The monoisotopic (exact) mass is 301 g/mol. The average molecular weight is 301 g/mol.